The number of nitrogens with zero attached hydrogens (tertiary/aromatic N) is 3. The molecule has 0 saturated carbocycles. The second-order valence-corrected chi connectivity index (χ2v) is 8.29. The first-order valence-corrected chi connectivity index (χ1v) is 9.64. The van der Waals surface area contributed by atoms with Crippen molar-refractivity contribution in [2.45, 2.75) is 44.0 Å². The van der Waals surface area contributed by atoms with Crippen molar-refractivity contribution in [1.29, 1.82) is 0 Å². The molecule has 2 aliphatic heterocycles. The Bertz CT molecular complexity index is 708. The summed E-state index contributed by atoms with van der Waals surface area (Å²) in [5, 5.41) is 6.46. The lowest BCUT2D eigenvalue weighted by molar-refractivity contribution is -0.119. The lowest BCUT2D eigenvalue weighted by Gasteiger charge is -2.39. The number of thiophene rings is 1. The average Bonchev–Trinajstić information content (AvgIpc) is 3.15. The first-order chi connectivity index (χ1) is 10.7. The van der Waals surface area contributed by atoms with Gasteiger partial charge in [-0.05, 0) is 49.5 Å². The van der Waals surface area contributed by atoms with Gasteiger partial charge in [0.1, 0.15) is 11.1 Å². The SMILES string of the molecule is C[C@@H]1C[C@H](C)n2nccc2N1C(=O)[C@@H]1SCCc2sccc21. The predicted molar refractivity (Wildman–Crippen MR) is 91.7 cm³/mol. The van der Waals surface area contributed by atoms with E-state index in [1.165, 1.54) is 10.4 Å². The summed E-state index contributed by atoms with van der Waals surface area (Å²) in [6.45, 7) is 4.31. The van der Waals surface area contributed by atoms with Crippen molar-refractivity contribution >= 4 is 34.8 Å². The highest BCUT2D eigenvalue weighted by molar-refractivity contribution is 8.00. The molecule has 2 aromatic heterocycles. The van der Waals surface area contributed by atoms with E-state index in [1.54, 1.807) is 29.3 Å². The van der Waals surface area contributed by atoms with Crippen LogP contribution < -0.4 is 4.90 Å². The molecule has 6 heteroatoms. The van der Waals surface area contributed by atoms with E-state index in [1.807, 2.05) is 15.6 Å². The molecule has 3 atom stereocenters. The zero-order valence-corrected chi connectivity index (χ0v) is 14.4. The van der Waals surface area contributed by atoms with Crippen molar-refractivity contribution in [2.24, 2.45) is 0 Å². The van der Waals surface area contributed by atoms with Crippen LogP contribution in [0.2, 0.25) is 0 Å². The second kappa shape index (κ2) is 5.42. The summed E-state index contributed by atoms with van der Waals surface area (Å²) in [6, 6.07) is 4.66. The number of fused-ring (bicyclic) bond motifs is 2. The highest BCUT2D eigenvalue weighted by Crippen LogP contribution is 2.43. The lowest BCUT2D eigenvalue weighted by atomic mass is 10.0. The highest BCUT2D eigenvalue weighted by atomic mass is 32.2. The van der Waals surface area contributed by atoms with Crippen molar-refractivity contribution in [3.05, 3.63) is 34.2 Å². The Labute approximate surface area is 138 Å². The summed E-state index contributed by atoms with van der Waals surface area (Å²) in [5.41, 5.74) is 1.23. The summed E-state index contributed by atoms with van der Waals surface area (Å²) in [5.74, 6) is 2.19. The highest BCUT2D eigenvalue weighted by Gasteiger charge is 2.38. The van der Waals surface area contributed by atoms with E-state index >= 15 is 0 Å². The maximum atomic E-state index is 13.3. The maximum absolute atomic E-state index is 13.3. The third-order valence-corrected chi connectivity index (χ3v) is 6.80. The molecule has 4 nitrogen and oxygen atoms in total. The standard InChI is InChI=1S/C16H19N3OS2/c1-10-9-11(2)19-14(3-6-17-19)18(10)16(20)15-12-4-7-21-13(12)5-8-22-15/h3-4,6-7,10-11,15H,5,8-9H2,1-2H3/t10-,11+,15-/m1/s1. The van der Waals surface area contributed by atoms with Gasteiger partial charge < -0.3 is 0 Å². The molecule has 1 amide bonds. The Morgan fingerprint density at radius 2 is 2.18 bits per heavy atom. The molecule has 0 bridgehead atoms. The van der Waals surface area contributed by atoms with Gasteiger partial charge in [-0.25, -0.2) is 4.68 Å². The lowest BCUT2D eigenvalue weighted by Crippen LogP contribution is -2.46. The molecule has 0 N–H and O–H groups in total. The van der Waals surface area contributed by atoms with E-state index in [9.17, 15) is 4.79 Å². The summed E-state index contributed by atoms with van der Waals surface area (Å²) in [4.78, 5) is 16.6. The normalized spacial score (nSPS) is 27.4. The van der Waals surface area contributed by atoms with Gasteiger partial charge in [0.05, 0.1) is 12.2 Å². The predicted octanol–water partition coefficient (Wildman–Crippen LogP) is 3.66. The van der Waals surface area contributed by atoms with Gasteiger partial charge in [-0.1, -0.05) is 0 Å². The average molecular weight is 333 g/mol. The van der Waals surface area contributed by atoms with Gasteiger partial charge in [0.15, 0.2) is 0 Å². The van der Waals surface area contributed by atoms with Crippen LogP contribution in [0.25, 0.3) is 0 Å². The van der Waals surface area contributed by atoms with Gasteiger partial charge in [-0.15, -0.1) is 23.1 Å². The molecule has 0 fully saturated rings. The van der Waals surface area contributed by atoms with Crippen LogP contribution in [0.4, 0.5) is 5.82 Å². The van der Waals surface area contributed by atoms with Crippen LogP contribution in [0, 0.1) is 0 Å². The molecule has 2 aliphatic rings. The van der Waals surface area contributed by atoms with Crippen LogP contribution >= 0.6 is 23.1 Å². The molecule has 4 rings (SSSR count). The summed E-state index contributed by atoms with van der Waals surface area (Å²) in [7, 11) is 0. The summed E-state index contributed by atoms with van der Waals surface area (Å²) >= 11 is 3.56. The molecule has 0 unspecified atom stereocenters. The topological polar surface area (TPSA) is 38.1 Å². The van der Waals surface area contributed by atoms with E-state index in [0.29, 0.717) is 6.04 Å². The first-order valence-electron chi connectivity index (χ1n) is 7.71. The van der Waals surface area contributed by atoms with Crippen LogP contribution in [0.3, 0.4) is 0 Å². The Balaban J connectivity index is 1.71. The summed E-state index contributed by atoms with van der Waals surface area (Å²) < 4.78 is 1.99. The number of aromatic nitrogens is 2. The minimum absolute atomic E-state index is 0.0609. The van der Waals surface area contributed by atoms with E-state index < -0.39 is 0 Å². The molecule has 0 saturated heterocycles. The molecular weight excluding hydrogens is 314 g/mol. The van der Waals surface area contributed by atoms with E-state index in [-0.39, 0.29) is 17.2 Å². The number of hydrogen-bond donors (Lipinski definition) is 0. The van der Waals surface area contributed by atoms with Crippen LogP contribution in [-0.4, -0.2) is 27.5 Å². The third-order valence-electron chi connectivity index (χ3n) is 4.57. The van der Waals surface area contributed by atoms with Gasteiger partial charge in [-0.2, -0.15) is 5.10 Å². The monoisotopic (exact) mass is 333 g/mol. The Morgan fingerprint density at radius 3 is 3.05 bits per heavy atom. The molecule has 2 aromatic rings. The summed E-state index contributed by atoms with van der Waals surface area (Å²) in [6.07, 6.45) is 3.84. The number of aryl methyl sites for hydroxylation is 1. The number of amides is 1. The van der Waals surface area contributed by atoms with Gasteiger partial charge in [0.25, 0.3) is 0 Å². The first kappa shape index (κ1) is 14.3. The maximum Gasteiger partial charge on any atom is 0.246 e. The van der Waals surface area contributed by atoms with Crippen LogP contribution in [0.1, 0.15) is 42.0 Å². The largest absolute Gasteiger partial charge is 0.293 e. The van der Waals surface area contributed by atoms with Crippen molar-refractivity contribution in [1.82, 2.24) is 9.78 Å². The fourth-order valence-corrected chi connectivity index (χ4v) is 5.91. The van der Waals surface area contributed by atoms with Crippen LogP contribution in [0.15, 0.2) is 23.7 Å². The molecule has 0 aliphatic carbocycles. The molecule has 0 aromatic carbocycles. The molecule has 22 heavy (non-hydrogen) atoms. The number of hydrogen-bond acceptors (Lipinski definition) is 4. The minimum Gasteiger partial charge on any atom is -0.293 e. The molecule has 116 valence electrons. The fourth-order valence-electron chi connectivity index (χ4n) is 3.57. The van der Waals surface area contributed by atoms with Crippen molar-refractivity contribution in [3.8, 4) is 0 Å². The van der Waals surface area contributed by atoms with Gasteiger partial charge in [0, 0.05) is 17.0 Å². The van der Waals surface area contributed by atoms with E-state index in [4.69, 9.17) is 0 Å². The Morgan fingerprint density at radius 1 is 1.32 bits per heavy atom. The van der Waals surface area contributed by atoms with E-state index in [0.717, 1.165) is 24.4 Å². The van der Waals surface area contributed by atoms with Crippen LogP contribution in [0.5, 0.6) is 0 Å². The number of thioether (sulfide) groups is 1. The van der Waals surface area contributed by atoms with Crippen LogP contribution in [-0.2, 0) is 11.2 Å². The van der Waals surface area contributed by atoms with Crippen molar-refractivity contribution in [2.75, 3.05) is 10.7 Å². The van der Waals surface area contributed by atoms with E-state index in [2.05, 4.69) is 30.4 Å². The van der Waals surface area contributed by atoms with Gasteiger partial charge >= 0.3 is 0 Å². The number of carbonyl (C=O) groups excluding carboxylic acids is 1. The zero-order chi connectivity index (χ0) is 15.3. The Kier molecular flexibility index (Phi) is 3.53. The minimum atomic E-state index is -0.0609. The smallest absolute Gasteiger partial charge is 0.246 e. The quantitative estimate of drug-likeness (QED) is 0.799. The van der Waals surface area contributed by atoms with Gasteiger partial charge in [-0.3, -0.25) is 9.69 Å². The number of rotatable bonds is 1. The molecule has 0 spiro atoms. The fraction of sp³-hybridized carbons (Fsp3) is 0.500. The third kappa shape index (κ3) is 2.12. The Hall–Kier alpha value is -1.27. The second-order valence-electron chi connectivity index (χ2n) is 6.08. The van der Waals surface area contributed by atoms with Crippen molar-refractivity contribution < 1.29 is 4.79 Å². The number of carbonyl (C=O) groups is 1. The van der Waals surface area contributed by atoms with Crippen molar-refractivity contribution in [3.63, 3.8) is 0 Å². The molecule has 4 heterocycles. The molecule has 0 radical (unpaired) electrons. The molecular formula is C16H19N3OS2. The van der Waals surface area contributed by atoms with Gasteiger partial charge in [0.2, 0.25) is 5.91 Å². The number of anilines is 1. The zero-order valence-electron chi connectivity index (χ0n) is 12.7.